The van der Waals surface area contributed by atoms with Gasteiger partial charge in [-0.2, -0.15) is 0 Å². The minimum absolute atomic E-state index is 0.161. The Kier molecular flexibility index (Phi) is 47.9. The number of hydrogen-bond donors (Lipinski definition) is 7. The summed E-state index contributed by atoms with van der Waals surface area (Å²) in [5.74, 6) is 0.980. The molecule has 0 aromatic rings. The molecule has 770 valence electrons. The maximum absolute atomic E-state index is 13.8. The van der Waals surface area contributed by atoms with E-state index in [9.17, 15) is 78.9 Å². The third-order valence-corrected chi connectivity index (χ3v) is 32.7. The summed E-state index contributed by atoms with van der Waals surface area (Å²) in [6.45, 7) is 57.2. The molecule has 9 aliphatic rings. The van der Waals surface area contributed by atoms with E-state index in [4.69, 9.17) is 42.6 Å². The first-order valence-electron chi connectivity index (χ1n) is 52.8. The van der Waals surface area contributed by atoms with Gasteiger partial charge in [-0.25, -0.2) is 33.6 Å². The predicted octanol–water partition coefficient (Wildman–Crippen LogP) is 18.7. The molecule has 0 aliphatic heterocycles. The molecule has 0 radical (unpaired) electrons. The Bertz CT molecular complexity index is 3100. The molecule has 17 unspecified atom stereocenters. The first-order chi connectivity index (χ1) is 62.1. The van der Waals surface area contributed by atoms with Crippen LogP contribution in [0, 0.1) is 160 Å². The first-order valence-corrected chi connectivity index (χ1v) is 52.8. The van der Waals surface area contributed by atoms with Crippen LogP contribution in [-0.4, -0.2) is 187 Å². The largest absolute Gasteiger partial charge is 0.462 e. The van der Waals surface area contributed by atoms with E-state index >= 15 is 0 Å². The second-order valence-corrected chi connectivity index (χ2v) is 47.3. The van der Waals surface area contributed by atoms with Crippen molar-refractivity contribution < 1.29 is 122 Å². The van der Waals surface area contributed by atoms with Gasteiger partial charge in [-0.15, -0.1) is 0 Å². The van der Waals surface area contributed by atoms with Crippen molar-refractivity contribution in [3.8, 4) is 0 Å². The average molecular weight is 1890 g/mol. The number of esters is 9. The molecule has 33 atom stereocenters. The highest BCUT2D eigenvalue weighted by atomic mass is 16.6. The summed E-state index contributed by atoms with van der Waals surface area (Å²) in [7, 11) is 0. The van der Waals surface area contributed by atoms with E-state index in [0.29, 0.717) is 113 Å². The predicted molar refractivity (Wildman–Crippen MR) is 511 cm³/mol. The SMILES string of the molecule is CC(C)[C@@H]1CC[C@@H](C)C[C@@H]1OC(=O)C(O)C(O)C(=O)O[C@H]1C[C@H](C)CC[C@H]1C(C)C.CC(C)[C@@H]1CC[C@@H](C)C[C@@H]1OC(=O)[C@H](O)[C@@H](O)C(=O)O[C@H]1C[C@H](C)CC[C@H]1C(C)C.CC1CCC(C(C)C)C(OC(=O)CC(O)(CC(=O)OC2CC(C)CCC2C(C)C)C(=O)OC2CC(C)CCC2C(C)C)C1.CC1CCC(C(C)C)C(OC(=O)[C@H](O)[C@@H](O)C(=O)OC2CC(C)CCC2C(C)C)C1. The van der Waals surface area contributed by atoms with Crippen LogP contribution in [0.4, 0.5) is 0 Å². The van der Waals surface area contributed by atoms with E-state index in [1.165, 1.54) is 0 Å². The molecular weight excluding hydrogens is 1700 g/mol. The topological polar surface area (TPSA) is 378 Å². The van der Waals surface area contributed by atoms with Gasteiger partial charge in [-0.05, 0) is 275 Å². The fourth-order valence-electron chi connectivity index (χ4n) is 23.7. The molecule has 9 saturated carbocycles. The van der Waals surface area contributed by atoms with Gasteiger partial charge in [0, 0.05) is 0 Å². The van der Waals surface area contributed by atoms with Crippen LogP contribution in [0.5, 0.6) is 0 Å². The number of aliphatic hydroxyl groups excluding tert-OH is 6. The lowest BCUT2D eigenvalue weighted by Gasteiger charge is -2.39. The Morgan fingerprint density at radius 3 is 0.459 bits per heavy atom. The Labute approximate surface area is 801 Å². The van der Waals surface area contributed by atoms with Crippen LogP contribution in [0.2, 0.25) is 0 Å². The van der Waals surface area contributed by atoms with E-state index in [0.717, 1.165) is 167 Å². The van der Waals surface area contributed by atoms with Crippen LogP contribution >= 0.6 is 0 Å². The highest BCUT2D eigenvalue weighted by Crippen LogP contribution is 2.46. The van der Waals surface area contributed by atoms with Gasteiger partial charge in [0.2, 0.25) is 0 Å². The van der Waals surface area contributed by atoms with Crippen molar-refractivity contribution in [2.24, 2.45) is 160 Å². The minimum atomic E-state index is -2.35. The standard InChI is InChI=1S/C36H62O7.3C24H42O6/c1-21(2)27-13-10-24(7)16-30(27)41-33(37)19-36(40,35(39)43-32-18-26(9)12-15-29(32)23(5)6)20-34(38)42-31-17-25(8)11-14-28(31)22(3)4;3*1-13(2)17-9-7-15(5)11-19(17)29-23(27)21(25)22(26)24(28)30-20-12-16(6)8-10-18(20)14(3)4/h21-32,40H,10-20H2,1-9H3;3*13-22,25-26H,7-12H2,1-6H3/t;15?,16?,17?,18?,19?,20?,21-,22-;15-,16-,17+,18+,19+,20+,21?,22?;15-,16-,17+,18+,19+,20+,21-,22-/m.111/s1. The van der Waals surface area contributed by atoms with Crippen molar-refractivity contribution in [2.45, 2.75) is 470 Å². The van der Waals surface area contributed by atoms with E-state index in [-0.39, 0.29) is 108 Å². The summed E-state index contributed by atoms with van der Waals surface area (Å²) < 4.78 is 51.5. The molecule has 133 heavy (non-hydrogen) atoms. The second kappa shape index (κ2) is 54.7. The summed E-state index contributed by atoms with van der Waals surface area (Å²) in [4.78, 5) is 116. The molecule has 0 saturated heterocycles. The summed E-state index contributed by atoms with van der Waals surface area (Å²) in [5.41, 5.74) is -2.35. The molecule has 9 rings (SSSR count). The zero-order chi connectivity index (χ0) is 99.8. The van der Waals surface area contributed by atoms with Crippen molar-refractivity contribution in [3.63, 3.8) is 0 Å². The van der Waals surface area contributed by atoms with Crippen molar-refractivity contribution in [1.82, 2.24) is 0 Å². The van der Waals surface area contributed by atoms with Crippen LogP contribution in [0.15, 0.2) is 0 Å². The number of carbonyl (C=O) groups is 9. The Morgan fingerprint density at radius 1 is 0.211 bits per heavy atom. The summed E-state index contributed by atoms with van der Waals surface area (Å²) >= 11 is 0. The molecule has 0 spiro atoms. The molecule has 0 aromatic heterocycles. The van der Waals surface area contributed by atoms with Crippen molar-refractivity contribution in [2.75, 3.05) is 0 Å². The highest BCUT2D eigenvalue weighted by molar-refractivity contribution is 5.91. The van der Waals surface area contributed by atoms with Crippen LogP contribution in [-0.2, 0) is 85.8 Å². The van der Waals surface area contributed by atoms with Gasteiger partial charge in [-0.3, -0.25) is 9.59 Å². The molecule has 0 amide bonds. The third kappa shape index (κ3) is 35.6. The lowest BCUT2D eigenvalue weighted by atomic mass is 9.75. The molecule has 25 nitrogen and oxygen atoms in total. The summed E-state index contributed by atoms with van der Waals surface area (Å²) in [6, 6.07) is 0. The van der Waals surface area contributed by atoms with Crippen molar-refractivity contribution in [1.29, 1.82) is 0 Å². The number of ether oxygens (including phenoxy) is 9. The molecule has 9 aliphatic carbocycles. The molecule has 25 heteroatoms. The Balaban J connectivity index is 0.000000277. The zero-order valence-electron chi connectivity index (χ0n) is 87.2. The van der Waals surface area contributed by atoms with E-state index < -0.39 is 109 Å². The van der Waals surface area contributed by atoms with Gasteiger partial charge >= 0.3 is 53.7 Å². The Morgan fingerprint density at radius 2 is 0.331 bits per heavy atom. The normalized spacial score (nSPS) is 34.6. The quantitative estimate of drug-likeness (QED) is 0.0243. The van der Waals surface area contributed by atoms with E-state index in [1.807, 2.05) is 0 Å². The highest BCUT2D eigenvalue weighted by Gasteiger charge is 2.51. The van der Waals surface area contributed by atoms with E-state index in [1.54, 1.807) is 0 Å². The number of aliphatic hydroxyl groups is 7. The molecule has 0 aromatic carbocycles. The summed E-state index contributed by atoms with van der Waals surface area (Å²) in [5, 5.41) is 73.7. The Hall–Kier alpha value is -5.05. The van der Waals surface area contributed by atoms with Crippen LogP contribution in [0.1, 0.15) is 373 Å². The monoisotopic (exact) mass is 1890 g/mol. The number of carbonyl (C=O) groups excluding carboxylic acids is 9. The van der Waals surface area contributed by atoms with Crippen molar-refractivity contribution >= 4 is 53.7 Å². The minimum Gasteiger partial charge on any atom is -0.462 e. The maximum Gasteiger partial charge on any atom is 0.339 e. The molecule has 0 bridgehead atoms. The van der Waals surface area contributed by atoms with Crippen LogP contribution in [0.3, 0.4) is 0 Å². The van der Waals surface area contributed by atoms with Gasteiger partial charge in [0.15, 0.2) is 42.2 Å². The van der Waals surface area contributed by atoms with E-state index in [2.05, 4.69) is 187 Å². The van der Waals surface area contributed by atoms with Gasteiger partial charge in [0.1, 0.15) is 54.9 Å². The molecule has 9 fully saturated rings. The average Bonchev–Trinajstić information content (AvgIpc) is 0.791. The molecular formula is C108H188O25. The number of hydrogen-bond acceptors (Lipinski definition) is 25. The molecule has 7 N–H and O–H groups in total. The van der Waals surface area contributed by atoms with Gasteiger partial charge in [0.25, 0.3) is 0 Å². The maximum atomic E-state index is 13.8. The van der Waals surface area contributed by atoms with Gasteiger partial charge < -0.3 is 78.4 Å². The smallest absolute Gasteiger partial charge is 0.339 e. The van der Waals surface area contributed by atoms with Gasteiger partial charge in [-0.1, -0.05) is 245 Å². The lowest BCUT2D eigenvalue weighted by Crippen LogP contribution is -2.49. The van der Waals surface area contributed by atoms with Gasteiger partial charge in [0.05, 0.1) is 12.8 Å². The van der Waals surface area contributed by atoms with Crippen LogP contribution < -0.4 is 0 Å². The molecule has 0 heterocycles. The number of rotatable bonds is 32. The third-order valence-electron chi connectivity index (χ3n) is 32.7. The van der Waals surface area contributed by atoms with Crippen molar-refractivity contribution in [3.05, 3.63) is 0 Å². The lowest BCUT2D eigenvalue weighted by molar-refractivity contribution is -0.190. The zero-order valence-corrected chi connectivity index (χ0v) is 87.2. The fourth-order valence-corrected chi connectivity index (χ4v) is 23.7. The second-order valence-electron chi connectivity index (χ2n) is 47.3. The summed E-state index contributed by atoms with van der Waals surface area (Å²) in [6.07, 6.45) is 9.51. The fraction of sp³-hybridized carbons (Fsp3) is 0.917. The van der Waals surface area contributed by atoms with Crippen LogP contribution in [0.25, 0.3) is 0 Å². The first kappa shape index (κ1) is 117.